The molecule has 15 heavy (non-hydrogen) atoms. The van der Waals surface area contributed by atoms with Gasteiger partial charge in [0, 0.05) is 24.0 Å². The molecule has 2 aromatic heterocycles. The smallest absolute Gasteiger partial charge is 0.0954 e. The molecule has 2 aromatic rings. The van der Waals surface area contributed by atoms with Crippen LogP contribution in [0.4, 0.5) is 0 Å². The van der Waals surface area contributed by atoms with E-state index in [1.165, 1.54) is 0 Å². The first-order valence-corrected chi connectivity index (χ1v) is 5.04. The summed E-state index contributed by atoms with van der Waals surface area (Å²) in [5.41, 5.74) is 8.10. The van der Waals surface area contributed by atoms with Crippen LogP contribution >= 0.6 is 0 Å². The van der Waals surface area contributed by atoms with Crippen LogP contribution in [-0.4, -0.2) is 20.6 Å². The lowest BCUT2D eigenvalue weighted by Gasteiger charge is -2.06. The Hall–Kier alpha value is -1.68. The van der Waals surface area contributed by atoms with Crippen LogP contribution in [0.3, 0.4) is 0 Å². The molecule has 0 radical (unpaired) electrons. The normalized spacial score (nSPS) is 24.1. The number of pyridine rings is 1. The third-order valence-corrected chi connectivity index (χ3v) is 2.80. The molecule has 4 heteroatoms. The van der Waals surface area contributed by atoms with E-state index >= 15 is 0 Å². The molecule has 0 amide bonds. The maximum Gasteiger partial charge on any atom is 0.0954 e. The van der Waals surface area contributed by atoms with Gasteiger partial charge in [0.2, 0.25) is 0 Å². The summed E-state index contributed by atoms with van der Waals surface area (Å²) in [5, 5.41) is 0. The maximum absolute atomic E-state index is 5.84. The van der Waals surface area contributed by atoms with Gasteiger partial charge < -0.3 is 10.3 Å². The Morgan fingerprint density at radius 1 is 1.27 bits per heavy atom. The van der Waals surface area contributed by atoms with Crippen molar-refractivity contribution in [3.63, 3.8) is 0 Å². The second kappa shape index (κ2) is 3.17. The zero-order valence-corrected chi connectivity index (χ0v) is 8.24. The van der Waals surface area contributed by atoms with Crippen molar-refractivity contribution in [2.24, 2.45) is 5.73 Å². The SMILES string of the molecule is NC1CC1n1cncc1-c1ccncc1. The summed E-state index contributed by atoms with van der Waals surface area (Å²) in [7, 11) is 0. The van der Waals surface area contributed by atoms with Gasteiger partial charge in [0.1, 0.15) is 0 Å². The van der Waals surface area contributed by atoms with Crippen molar-refractivity contribution in [3.8, 4) is 11.3 Å². The van der Waals surface area contributed by atoms with Crippen LogP contribution in [-0.2, 0) is 0 Å². The van der Waals surface area contributed by atoms with E-state index in [1.807, 2.05) is 24.7 Å². The number of hydrogen-bond acceptors (Lipinski definition) is 3. The highest BCUT2D eigenvalue weighted by Crippen LogP contribution is 2.36. The second-order valence-corrected chi connectivity index (χ2v) is 3.89. The third-order valence-electron chi connectivity index (χ3n) is 2.80. The molecule has 1 aliphatic carbocycles. The minimum Gasteiger partial charge on any atom is -0.326 e. The van der Waals surface area contributed by atoms with Crippen molar-refractivity contribution in [2.75, 3.05) is 0 Å². The van der Waals surface area contributed by atoms with Crippen LogP contribution in [0.1, 0.15) is 12.5 Å². The van der Waals surface area contributed by atoms with Gasteiger partial charge in [-0.25, -0.2) is 4.98 Å². The molecule has 1 saturated carbocycles. The topological polar surface area (TPSA) is 56.7 Å². The Balaban J connectivity index is 2.02. The Labute approximate surface area is 87.8 Å². The average Bonchev–Trinajstić information content (AvgIpc) is 2.82. The van der Waals surface area contributed by atoms with Crippen molar-refractivity contribution in [3.05, 3.63) is 37.1 Å². The van der Waals surface area contributed by atoms with Gasteiger partial charge >= 0.3 is 0 Å². The summed E-state index contributed by atoms with van der Waals surface area (Å²) in [6.45, 7) is 0. The monoisotopic (exact) mass is 200 g/mol. The Morgan fingerprint density at radius 2 is 2.00 bits per heavy atom. The molecule has 0 aliphatic heterocycles. The van der Waals surface area contributed by atoms with E-state index in [1.54, 1.807) is 12.4 Å². The predicted octanol–water partition coefficient (Wildman–Crippen LogP) is 1.22. The number of imidazole rings is 1. The van der Waals surface area contributed by atoms with E-state index in [4.69, 9.17) is 5.73 Å². The summed E-state index contributed by atoms with van der Waals surface area (Å²) in [5.74, 6) is 0. The lowest BCUT2D eigenvalue weighted by Crippen LogP contribution is -2.06. The molecular weight excluding hydrogens is 188 g/mol. The molecule has 1 fully saturated rings. The van der Waals surface area contributed by atoms with E-state index in [9.17, 15) is 0 Å². The minimum atomic E-state index is 0.291. The zero-order chi connectivity index (χ0) is 10.3. The quantitative estimate of drug-likeness (QED) is 0.792. The lowest BCUT2D eigenvalue weighted by molar-refractivity contribution is 0.718. The molecule has 2 atom stereocenters. The minimum absolute atomic E-state index is 0.291. The summed E-state index contributed by atoms with van der Waals surface area (Å²) in [6, 6.07) is 4.69. The highest BCUT2D eigenvalue weighted by atomic mass is 15.1. The van der Waals surface area contributed by atoms with Gasteiger partial charge in [0.15, 0.2) is 0 Å². The van der Waals surface area contributed by atoms with Gasteiger partial charge in [-0.1, -0.05) is 0 Å². The lowest BCUT2D eigenvalue weighted by atomic mass is 10.2. The third kappa shape index (κ3) is 1.43. The first-order valence-electron chi connectivity index (χ1n) is 5.04. The van der Waals surface area contributed by atoms with Crippen LogP contribution in [0.2, 0.25) is 0 Å². The Morgan fingerprint density at radius 3 is 2.67 bits per heavy atom. The number of rotatable bonds is 2. The molecule has 2 heterocycles. The number of nitrogens with zero attached hydrogens (tertiary/aromatic N) is 3. The van der Waals surface area contributed by atoms with Crippen LogP contribution in [0.15, 0.2) is 37.1 Å². The van der Waals surface area contributed by atoms with Crippen LogP contribution in [0.5, 0.6) is 0 Å². The number of nitrogens with two attached hydrogens (primary N) is 1. The van der Waals surface area contributed by atoms with Crippen LogP contribution in [0.25, 0.3) is 11.3 Å². The molecule has 0 aromatic carbocycles. The molecular formula is C11H12N4. The zero-order valence-electron chi connectivity index (χ0n) is 8.24. The molecule has 76 valence electrons. The van der Waals surface area contributed by atoms with Gasteiger partial charge in [0.25, 0.3) is 0 Å². The molecule has 4 nitrogen and oxygen atoms in total. The highest BCUT2D eigenvalue weighted by molar-refractivity contribution is 5.58. The van der Waals surface area contributed by atoms with Crippen molar-refractivity contribution >= 4 is 0 Å². The summed E-state index contributed by atoms with van der Waals surface area (Å²) >= 11 is 0. The van der Waals surface area contributed by atoms with Gasteiger partial charge in [-0.2, -0.15) is 0 Å². The Kier molecular flexibility index (Phi) is 1.82. The fourth-order valence-electron chi connectivity index (χ4n) is 1.84. The molecule has 3 rings (SSSR count). The fraction of sp³-hybridized carbons (Fsp3) is 0.273. The van der Waals surface area contributed by atoms with Gasteiger partial charge in [0.05, 0.1) is 24.3 Å². The molecule has 1 aliphatic rings. The standard InChI is InChI=1S/C11H12N4/c12-9-5-10(9)15-7-14-6-11(15)8-1-3-13-4-2-8/h1-4,6-7,9-10H,5,12H2. The predicted molar refractivity (Wildman–Crippen MR) is 57.1 cm³/mol. The van der Waals surface area contributed by atoms with Crippen molar-refractivity contribution < 1.29 is 0 Å². The number of hydrogen-bond donors (Lipinski definition) is 1. The highest BCUT2D eigenvalue weighted by Gasteiger charge is 2.36. The summed E-state index contributed by atoms with van der Waals surface area (Å²) < 4.78 is 2.15. The largest absolute Gasteiger partial charge is 0.326 e. The fourth-order valence-corrected chi connectivity index (χ4v) is 1.84. The van der Waals surface area contributed by atoms with Gasteiger partial charge in [-0.05, 0) is 18.6 Å². The molecule has 0 saturated heterocycles. The summed E-state index contributed by atoms with van der Waals surface area (Å²) in [4.78, 5) is 8.19. The summed E-state index contributed by atoms with van der Waals surface area (Å²) in [6.07, 6.45) is 8.36. The average molecular weight is 200 g/mol. The number of aromatic nitrogens is 3. The molecule has 0 spiro atoms. The van der Waals surface area contributed by atoms with E-state index in [-0.39, 0.29) is 0 Å². The van der Waals surface area contributed by atoms with Crippen molar-refractivity contribution in [2.45, 2.75) is 18.5 Å². The van der Waals surface area contributed by atoms with Crippen LogP contribution in [0, 0.1) is 0 Å². The molecule has 2 unspecified atom stereocenters. The second-order valence-electron chi connectivity index (χ2n) is 3.89. The first-order chi connectivity index (χ1) is 7.36. The Bertz CT molecular complexity index is 462. The van der Waals surface area contributed by atoms with Gasteiger partial charge in [-0.15, -0.1) is 0 Å². The maximum atomic E-state index is 5.84. The van der Waals surface area contributed by atoms with E-state index in [0.29, 0.717) is 12.1 Å². The van der Waals surface area contributed by atoms with Crippen molar-refractivity contribution in [1.29, 1.82) is 0 Å². The molecule has 0 bridgehead atoms. The van der Waals surface area contributed by atoms with Crippen molar-refractivity contribution in [1.82, 2.24) is 14.5 Å². The first kappa shape index (κ1) is 8.61. The van der Waals surface area contributed by atoms with E-state index in [2.05, 4.69) is 14.5 Å². The van der Waals surface area contributed by atoms with Crippen LogP contribution < -0.4 is 5.73 Å². The van der Waals surface area contributed by atoms with E-state index in [0.717, 1.165) is 17.7 Å². The molecule has 2 N–H and O–H groups in total. The van der Waals surface area contributed by atoms with E-state index < -0.39 is 0 Å². The van der Waals surface area contributed by atoms with Gasteiger partial charge in [-0.3, -0.25) is 4.98 Å².